The molecule has 0 bridgehead atoms. The van der Waals surface area contributed by atoms with E-state index in [9.17, 15) is 0 Å². The molecule has 0 fully saturated rings. The van der Waals surface area contributed by atoms with Crippen LogP contribution in [0.4, 0.5) is 0 Å². The summed E-state index contributed by atoms with van der Waals surface area (Å²) in [4.78, 5) is 3.96. The van der Waals surface area contributed by atoms with E-state index in [0.717, 1.165) is 12.8 Å². The topological polar surface area (TPSA) is 48.1 Å². The predicted molar refractivity (Wildman–Crippen MR) is 57.0 cm³/mol. The standard InChI is InChI=1S/C11H18N2O/c1-9(14-2)7-11(12)8-10-3-5-13-6-4-10/h3-6,9,11H,7-8,12H2,1-2H3. The lowest BCUT2D eigenvalue weighted by molar-refractivity contribution is 0.104. The van der Waals surface area contributed by atoms with E-state index in [-0.39, 0.29) is 12.1 Å². The third kappa shape index (κ3) is 3.85. The summed E-state index contributed by atoms with van der Waals surface area (Å²) in [6, 6.07) is 4.15. The summed E-state index contributed by atoms with van der Waals surface area (Å²) in [5.74, 6) is 0. The Morgan fingerprint density at radius 3 is 2.64 bits per heavy atom. The molecule has 0 saturated heterocycles. The van der Waals surface area contributed by atoms with Crippen LogP contribution in [0.2, 0.25) is 0 Å². The van der Waals surface area contributed by atoms with Crippen molar-refractivity contribution in [3.63, 3.8) is 0 Å². The molecule has 2 N–H and O–H groups in total. The second-order valence-electron chi connectivity index (χ2n) is 3.60. The van der Waals surface area contributed by atoms with Crippen molar-refractivity contribution in [2.75, 3.05) is 7.11 Å². The van der Waals surface area contributed by atoms with E-state index in [1.54, 1.807) is 19.5 Å². The number of nitrogens with two attached hydrogens (primary N) is 1. The normalized spacial score (nSPS) is 15.1. The van der Waals surface area contributed by atoms with Gasteiger partial charge in [-0.05, 0) is 37.5 Å². The molecule has 2 unspecified atom stereocenters. The lowest BCUT2D eigenvalue weighted by Gasteiger charge is -2.15. The molecule has 0 aliphatic heterocycles. The van der Waals surface area contributed by atoms with E-state index in [4.69, 9.17) is 10.5 Å². The van der Waals surface area contributed by atoms with Crippen molar-refractivity contribution in [3.05, 3.63) is 30.1 Å². The van der Waals surface area contributed by atoms with E-state index < -0.39 is 0 Å². The molecule has 0 spiro atoms. The molecule has 3 heteroatoms. The third-order valence-electron chi connectivity index (χ3n) is 2.28. The van der Waals surface area contributed by atoms with Crippen molar-refractivity contribution >= 4 is 0 Å². The molecule has 1 heterocycles. The molecule has 3 nitrogen and oxygen atoms in total. The van der Waals surface area contributed by atoms with Crippen LogP contribution in [-0.2, 0) is 11.2 Å². The molecule has 1 aromatic heterocycles. The van der Waals surface area contributed by atoms with Gasteiger partial charge in [0.25, 0.3) is 0 Å². The highest BCUT2D eigenvalue weighted by molar-refractivity contribution is 5.11. The average Bonchev–Trinajstić information content (AvgIpc) is 2.19. The maximum absolute atomic E-state index is 5.98. The van der Waals surface area contributed by atoms with Gasteiger partial charge >= 0.3 is 0 Å². The number of pyridine rings is 1. The fraction of sp³-hybridized carbons (Fsp3) is 0.545. The predicted octanol–water partition coefficient (Wildman–Crippen LogP) is 1.38. The van der Waals surface area contributed by atoms with Crippen molar-refractivity contribution in [3.8, 4) is 0 Å². The molecule has 0 saturated carbocycles. The Hall–Kier alpha value is -0.930. The molecule has 1 rings (SSSR count). The first-order valence-electron chi connectivity index (χ1n) is 4.89. The number of nitrogens with zero attached hydrogens (tertiary/aromatic N) is 1. The monoisotopic (exact) mass is 194 g/mol. The zero-order chi connectivity index (χ0) is 10.4. The van der Waals surface area contributed by atoms with Crippen molar-refractivity contribution in [2.24, 2.45) is 5.73 Å². The Morgan fingerprint density at radius 1 is 1.43 bits per heavy atom. The molecular weight excluding hydrogens is 176 g/mol. The highest BCUT2D eigenvalue weighted by Crippen LogP contribution is 2.06. The molecule has 1 aromatic rings. The van der Waals surface area contributed by atoms with Crippen LogP contribution in [0.25, 0.3) is 0 Å². The minimum absolute atomic E-state index is 0.160. The molecule has 14 heavy (non-hydrogen) atoms. The third-order valence-corrected chi connectivity index (χ3v) is 2.28. The lowest BCUT2D eigenvalue weighted by Crippen LogP contribution is -2.27. The molecule has 0 aliphatic rings. The molecule has 0 amide bonds. The smallest absolute Gasteiger partial charge is 0.0558 e. The van der Waals surface area contributed by atoms with Crippen LogP contribution in [0.1, 0.15) is 18.9 Å². The zero-order valence-corrected chi connectivity index (χ0v) is 8.81. The summed E-state index contributed by atoms with van der Waals surface area (Å²) in [6.45, 7) is 2.03. The summed E-state index contributed by atoms with van der Waals surface area (Å²) in [5.41, 5.74) is 7.21. The summed E-state index contributed by atoms with van der Waals surface area (Å²) >= 11 is 0. The van der Waals surface area contributed by atoms with Gasteiger partial charge < -0.3 is 10.5 Å². The fourth-order valence-corrected chi connectivity index (χ4v) is 1.43. The maximum Gasteiger partial charge on any atom is 0.0558 e. The molecule has 78 valence electrons. The van der Waals surface area contributed by atoms with Gasteiger partial charge in [0, 0.05) is 25.5 Å². The van der Waals surface area contributed by atoms with E-state index >= 15 is 0 Å². The average molecular weight is 194 g/mol. The zero-order valence-electron chi connectivity index (χ0n) is 8.81. The fourth-order valence-electron chi connectivity index (χ4n) is 1.43. The molecule has 2 atom stereocenters. The first kappa shape index (κ1) is 11.1. The Kier molecular flexibility index (Phi) is 4.56. The van der Waals surface area contributed by atoms with Gasteiger partial charge in [-0.15, -0.1) is 0 Å². The Bertz CT molecular complexity index is 251. The number of hydrogen-bond donors (Lipinski definition) is 1. The van der Waals surface area contributed by atoms with Gasteiger partial charge in [0.1, 0.15) is 0 Å². The first-order chi connectivity index (χ1) is 6.72. The summed E-state index contributed by atoms with van der Waals surface area (Å²) in [7, 11) is 1.71. The summed E-state index contributed by atoms with van der Waals surface area (Å²) in [5, 5.41) is 0. The highest BCUT2D eigenvalue weighted by Gasteiger charge is 2.08. The van der Waals surface area contributed by atoms with Crippen LogP contribution in [0, 0.1) is 0 Å². The Morgan fingerprint density at radius 2 is 2.07 bits per heavy atom. The number of aromatic nitrogens is 1. The molecule has 0 aromatic carbocycles. The van der Waals surface area contributed by atoms with E-state index in [1.165, 1.54) is 5.56 Å². The van der Waals surface area contributed by atoms with Gasteiger partial charge in [-0.2, -0.15) is 0 Å². The Labute approximate surface area is 85.3 Å². The summed E-state index contributed by atoms with van der Waals surface area (Å²) in [6.07, 6.45) is 5.59. The largest absolute Gasteiger partial charge is 0.382 e. The lowest BCUT2D eigenvalue weighted by atomic mass is 10.0. The second kappa shape index (κ2) is 5.73. The molecular formula is C11H18N2O. The quantitative estimate of drug-likeness (QED) is 0.770. The minimum atomic E-state index is 0.160. The van der Waals surface area contributed by atoms with E-state index in [1.807, 2.05) is 19.1 Å². The van der Waals surface area contributed by atoms with Gasteiger partial charge in [-0.1, -0.05) is 0 Å². The van der Waals surface area contributed by atoms with Gasteiger partial charge in [-0.25, -0.2) is 0 Å². The molecule has 0 radical (unpaired) electrons. The van der Waals surface area contributed by atoms with Gasteiger partial charge in [0.15, 0.2) is 0 Å². The van der Waals surface area contributed by atoms with Crippen LogP contribution >= 0.6 is 0 Å². The van der Waals surface area contributed by atoms with E-state index in [2.05, 4.69) is 4.98 Å². The van der Waals surface area contributed by atoms with Crippen molar-refractivity contribution < 1.29 is 4.74 Å². The van der Waals surface area contributed by atoms with Gasteiger partial charge in [-0.3, -0.25) is 4.98 Å². The number of hydrogen-bond acceptors (Lipinski definition) is 3. The van der Waals surface area contributed by atoms with Crippen LogP contribution in [0.5, 0.6) is 0 Å². The van der Waals surface area contributed by atoms with Crippen LogP contribution in [0.3, 0.4) is 0 Å². The first-order valence-corrected chi connectivity index (χ1v) is 4.89. The van der Waals surface area contributed by atoms with Crippen LogP contribution < -0.4 is 5.73 Å². The SMILES string of the molecule is COC(C)CC(N)Cc1ccncc1. The van der Waals surface area contributed by atoms with Crippen LogP contribution in [-0.4, -0.2) is 24.2 Å². The summed E-state index contributed by atoms with van der Waals surface area (Å²) < 4.78 is 5.17. The van der Waals surface area contributed by atoms with Gasteiger partial charge in [0.05, 0.1) is 6.10 Å². The number of ether oxygens (including phenoxy) is 1. The van der Waals surface area contributed by atoms with Crippen molar-refractivity contribution in [1.82, 2.24) is 4.98 Å². The second-order valence-corrected chi connectivity index (χ2v) is 3.60. The molecule has 0 aliphatic carbocycles. The van der Waals surface area contributed by atoms with Crippen molar-refractivity contribution in [2.45, 2.75) is 31.9 Å². The van der Waals surface area contributed by atoms with Crippen LogP contribution in [0.15, 0.2) is 24.5 Å². The van der Waals surface area contributed by atoms with E-state index in [0.29, 0.717) is 0 Å². The number of rotatable bonds is 5. The Balaban J connectivity index is 2.37. The van der Waals surface area contributed by atoms with Crippen molar-refractivity contribution in [1.29, 1.82) is 0 Å². The minimum Gasteiger partial charge on any atom is -0.382 e. The number of methoxy groups -OCH3 is 1. The van der Waals surface area contributed by atoms with Gasteiger partial charge in [0.2, 0.25) is 0 Å². The highest BCUT2D eigenvalue weighted by atomic mass is 16.5. The maximum atomic E-state index is 5.98.